The zero-order valence-electron chi connectivity index (χ0n) is 10.3. The molecule has 0 aliphatic heterocycles. The van der Waals surface area contributed by atoms with Gasteiger partial charge in [0.1, 0.15) is 0 Å². The van der Waals surface area contributed by atoms with Gasteiger partial charge in [0.15, 0.2) is 0 Å². The van der Waals surface area contributed by atoms with Gasteiger partial charge < -0.3 is 10.1 Å². The van der Waals surface area contributed by atoms with Crippen LogP contribution in [-0.4, -0.2) is 50.2 Å². The summed E-state index contributed by atoms with van der Waals surface area (Å²) in [6.07, 6.45) is 0.453. The molecule has 0 bridgehead atoms. The summed E-state index contributed by atoms with van der Waals surface area (Å²) in [6, 6.07) is 2.09. The monoisotopic (exact) mass is 227 g/mol. The maximum atomic E-state index is 11.6. The van der Waals surface area contributed by atoms with E-state index in [-0.39, 0.29) is 11.9 Å². The van der Waals surface area contributed by atoms with Crippen LogP contribution in [0.5, 0.6) is 0 Å². The van der Waals surface area contributed by atoms with Crippen LogP contribution in [0.4, 0.5) is 0 Å². The topological polar surface area (TPSA) is 65.4 Å². The molecular formula is C11H21N3O2. The number of carbonyl (C=O) groups excluding carboxylic acids is 1. The zero-order valence-corrected chi connectivity index (χ0v) is 10.3. The molecule has 0 saturated carbocycles. The van der Waals surface area contributed by atoms with Gasteiger partial charge in [0.05, 0.1) is 19.2 Å². The fourth-order valence-corrected chi connectivity index (χ4v) is 1.37. The van der Waals surface area contributed by atoms with Crippen molar-refractivity contribution in [3.05, 3.63) is 0 Å². The second-order valence-corrected chi connectivity index (χ2v) is 3.70. The molecule has 0 aromatic rings. The molecule has 1 unspecified atom stereocenters. The first-order valence-electron chi connectivity index (χ1n) is 5.51. The highest BCUT2D eigenvalue weighted by Crippen LogP contribution is 1.91. The van der Waals surface area contributed by atoms with E-state index in [0.717, 1.165) is 6.54 Å². The third-order valence-electron chi connectivity index (χ3n) is 2.18. The molecule has 92 valence electrons. The van der Waals surface area contributed by atoms with Crippen molar-refractivity contribution in [2.75, 3.05) is 33.4 Å². The zero-order chi connectivity index (χ0) is 12.4. The van der Waals surface area contributed by atoms with E-state index in [9.17, 15) is 4.79 Å². The Bertz CT molecular complexity index is 238. The first kappa shape index (κ1) is 14.9. The van der Waals surface area contributed by atoms with Crippen LogP contribution < -0.4 is 5.32 Å². The number of hydrogen-bond acceptors (Lipinski definition) is 4. The molecule has 0 aromatic heterocycles. The predicted octanol–water partition coefficient (Wildman–Crippen LogP) is 0.373. The van der Waals surface area contributed by atoms with Crippen LogP contribution in [0.3, 0.4) is 0 Å². The van der Waals surface area contributed by atoms with Crippen molar-refractivity contribution >= 4 is 5.91 Å². The highest BCUT2D eigenvalue weighted by molar-refractivity contribution is 5.78. The molecule has 0 aliphatic rings. The Kier molecular flexibility index (Phi) is 8.49. The van der Waals surface area contributed by atoms with Crippen molar-refractivity contribution in [1.29, 1.82) is 5.26 Å². The largest absolute Gasteiger partial charge is 0.383 e. The summed E-state index contributed by atoms with van der Waals surface area (Å²) in [7, 11) is 1.61. The number of rotatable bonds is 8. The molecule has 16 heavy (non-hydrogen) atoms. The van der Waals surface area contributed by atoms with Crippen LogP contribution in [0.2, 0.25) is 0 Å². The first-order valence-corrected chi connectivity index (χ1v) is 5.51. The van der Waals surface area contributed by atoms with E-state index in [1.54, 1.807) is 7.11 Å². The number of nitriles is 1. The second-order valence-electron chi connectivity index (χ2n) is 3.70. The predicted molar refractivity (Wildman–Crippen MR) is 61.8 cm³/mol. The molecule has 5 heteroatoms. The van der Waals surface area contributed by atoms with Crippen LogP contribution in [0.1, 0.15) is 20.3 Å². The molecule has 0 aromatic carbocycles. The van der Waals surface area contributed by atoms with Crippen LogP contribution in [0.15, 0.2) is 0 Å². The van der Waals surface area contributed by atoms with Gasteiger partial charge in [-0.1, -0.05) is 6.92 Å². The van der Waals surface area contributed by atoms with Gasteiger partial charge in [-0.05, 0) is 13.5 Å². The molecule has 0 aliphatic carbocycles. The Balaban J connectivity index is 3.87. The summed E-state index contributed by atoms with van der Waals surface area (Å²) in [5, 5.41) is 11.3. The Hall–Kier alpha value is -1.12. The summed E-state index contributed by atoms with van der Waals surface area (Å²) < 4.78 is 4.93. The van der Waals surface area contributed by atoms with Crippen molar-refractivity contribution in [3.63, 3.8) is 0 Å². The lowest BCUT2D eigenvalue weighted by Crippen LogP contribution is -2.42. The third-order valence-corrected chi connectivity index (χ3v) is 2.18. The molecule has 1 atom stereocenters. The van der Waals surface area contributed by atoms with Gasteiger partial charge >= 0.3 is 0 Å². The van der Waals surface area contributed by atoms with Gasteiger partial charge in [0.25, 0.3) is 0 Å². The Morgan fingerprint density at radius 1 is 1.62 bits per heavy atom. The Morgan fingerprint density at radius 3 is 2.81 bits per heavy atom. The normalized spacial score (nSPS) is 12.2. The van der Waals surface area contributed by atoms with Crippen LogP contribution in [-0.2, 0) is 9.53 Å². The number of nitrogens with zero attached hydrogens (tertiary/aromatic N) is 2. The maximum Gasteiger partial charge on any atom is 0.234 e. The van der Waals surface area contributed by atoms with E-state index in [1.807, 2.05) is 18.7 Å². The first-order chi connectivity index (χ1) is 7.63. The molecule has 0 fully saturated rings. The van der Waals surface area contributed by atoms with E-state index in [0.29, 0.717) is 26.1 Å². The fraction of sp³-hybridized carbons (Fsp3) is 0.818. The highest BCUT2D eigenvalue weighted by Gasteiger charge is 2.10. The number of nitrogens with one attached hydrogen (secondary N) is 1. The third kappa shape index (κ3) is 7.21. The minimum atomic E-state index is -0.0238. The molecule has 5 nitrogen and oxygen atoms in total. The summed E-state index contributed by atoms with van der Waals surface area (Å²) in [6.45, 7) is 6.13. The van der Waals surface area contributed by atoms with Gasteiger partial charge in [0.2, 0.25) is 5.91 Å². The Labute approximate surface area is 97.4 Å². The van der Waals surface area contributed by atoms with Gasteiger partial charge in [0, 0.05) is 26.1 Å². The van der Waals surface area contributed by atoms with E-state index < -0.39 is 0 Å². The Morgan fingerprint density at radius 2 is 2.31 bits per heavy atom. The number of amides is 1. The van der Waals surface area contributed by atoms with Crippen molar-refractivity contribution in [2.24, 2.45) is 0 Å². The molecule has 1 amide bonds. The van der Waals surface area contributed by atoms with Crippen LogP contribution >= 0.6 is 0 Å². The average Bonchev–Trinajstić information content (AvgIpc) is 2.24. The van der Waals surface area contributed by atoms with Crippen molar-refractivity contribution in [2.45, 2.75) is 26.3 Å². The van der Waals surface area contributed by atoms with Crippen molar-refractivity contribution < 1.29 is 9.53 Å². The standard InChI is InChI=1S/C11H21N3O2/c1-4-14(7-5-6-12)8-11(15)13-10(2)9-16-3/h10H,4-5,7-9H2,1-3H3,(H,13,15). The number of hydrogen-bond donors (Lipinski definition) is 1. The molecule has 0 rings (SSSR count). The van der Waals surface area contributed by atoms with Crippen molar-refractivity contribution in [3.8, 4) is 6.07 Å². The lowest BCUT2D eigenvalue weighted by atomic mass is 10.3. The van der Waals surface area contributed by atoms with Gasteiger partial charge in [-0.2, -0.15) is 5.26 Å². The number of ether oxygens (including phenoxy) is 1. The smallest absolute Gasteiger partial charge is 0.234 e. The molecule has 0 spiro atoms. The summed E-state index contributed by atoms with van der Waals surface area (Å²) >= 11 is 0. The van der Waals surface area contributed by atoms with Crippen LogP contribution in [0, 0.1) is 11.3 Å². The molecular weight excluding hydrogens is 206 g/mol. The minimum Gasteiger partial charge on any atom is -0.383 e. The number of methoxy groups -OCH3 is 1. The maximum absolute atomic E-state index is 11.6. The van der Waals surface area contributed by atoms with Gasteiger partial charge in [-0.3, -0.25) is 9.69 Å². The summed E-state index contributed by atoms with van der Waals surface area (Å²) in [4.78, 5) is 13.5. The fourth-order valence-electron chi connectivity index (χ4n) is 1.37. The van der Waals surface area contributed by atoms with Gasteiger partial charge in [-0.15, -0.1) is 0 Å². The summed E-state index contributed by atoms with van der Waals surface area (Å²) in [5.41, 5.74) is 0. The molecule has 0 saturated heterocycles. The lowest BCUT2D eigenvalue weighted by Gasteiger charge is -2.20. The van der Waals surface area contributed by atoms with Gasteiger partial charge in [-0.25, -0.2) is 0 Å². The van der Waals surface area contributed by atoms with E-state index in [2.05, 4.69) is 11.4 Å². The second kappa shape index (κ2) is 9.13. The molecule has 1 N–H and O–H groups in total. The molecule has 0 heterocycles. The quantitative estimate of drug-likeness (QED) is 0.651. The van der Waals surface area contributed by atoms with E-state index in [4.69, 9.17) is 10.00 Å². The average molecular weight is 227 g/mol. The minimum absolute atomic E-state index is 0.0205. The highest BCUT2D eigenvalue weighted by atomic mass is 16.5. The SMILES string of the molecule is CCN(CCC#N)CC(=O)NC(C)COC. The van der Waals surface area contributed by atoms with E-state index >= 15 is 0 Å². The van der Waals surface area contributed by atoms with Crippen molar-refractivity contribution in [1.82, 2.24) is 10.2 Å². The number of carbonyl (C=O) groups is 1. The lowest BCUT2D eigenvalue weighted by molar-refractivity contribution is -0.123. The number of likely N-dealkylation sites (N-methyl/N-ethyl adjacent to an activating group) is 1. The van der Waals surface area contributed by atoms with Crippen LogP contribution in [0.25, 0.3) is 0 Å². The van der Waals surface area contributed by atoms with E-state index in [1.165, 1.54) is 0 Å². The summed E-state index contributed by atoms with van der Waals surface area (Å²) in [5.74, 6) is -0.0238. The molecule has 0 radical (unpaired) electrons.